The SMILES string of the molecule is CC(=O)Nc1ccc(Cl)cc1NC(=O)CCC(C)N. The quantitative estimate of drug-likeness (QED) is 0.775. The van der Waals surface area contributed by atoms with Crippen LogP contribution in [0.25, 0.3) is 0 Å². The van der Waals surface area contributed by atoms with Crippen molar-refractivity contribution in [3.63, 3.8) is 0 Å². The fourth-order valence-electron chi connectivity index (χ4n) is 1.49. The Morgan fingerprint density at radius 1 is 1.32 bits per heavy atom. The van der Waals surface area contributed by atoms with Gasteiger partial charge < -0.3 is 16.4 Å². The zero-order valence-corrected chi connectivity index (χ0v) is 11.8. The number of nitrogens with two attached hydrogens (primary N) is 1. The number of carbonyl (C=O) groups excluding carboxylic acids is 2. The summed E-state index contributed by atoms with van der Waals surface area (Å²) in [4.78, 5) is 22.8. The number of amides is 2. The first kappa shape index (κ1) is 15.5. The van der Waals surface area contributed by atoms with E-state index in [1.807, 2.05) is 6.92 Å². The van der Waals surface area contributed by atoms with E-state index in [1.54, 1.807) is 18.2 Å². The monoisotopic (exact) mass is 283 g/mol. The molecule has 0 spiro atoms. The van der Waals surface area contributed by atoms with Crippen molar-refractivity contribution in [3.05, 3.63) is 23.2 Å². The normalized spacial score (nSPS) is 11.8. The molecule has 19 heavy (non-hydrogen) atoms. The van der Waals surface area contributed by atoms with Gasteiger partial charge in [0.15, 0.2) is 0 Å². The molecule has 0 radical (unpaired) electrons. The van der Waals surface area contributed by atoms with Crippen molar-refractivity contribution in [3.8, 4) is 0 Å². The lowest BCUT2D eigenvalue weighted by atomic mass is 10.2. The summed E-state index contributed by atoms with van der Waals surface area (Å²) < 4.78 is 0. The highest BCUT2D eigenvalue weighted by Gasteiger charge is 2.09. The highest BCUT2D eigenvalue weighted by atomic mass is 35.5. The summed E-state index contributed by atoms with van der Waals surface area (Å²) in [5, 5.41) is 5.84. The van der Waals surface area contributed by atoms with E-state index in [-0.39, 0.29) is 17.9 Å². The van der Waals surface area contributed by atoms with Gasteiger partial charge in [0, 0.05) is 24.4 Å². The third kappa shape index (κ3) is 5.72. The molecule has 5 nitrogen and oxygen atoms in total. The molecule has 0 heterocycles. The number of benzene rings is 1. The fourth-order valence-corrected chi connectivity index (χ4v) is 1.66. The smallest absolute Gasteiger partial charge is 0.224 e. The van der Waals surface area contributed by atoms with E-state index in [0.29, 0.717) is 29.2 Å². The number of anilines is 2. The Bertz CT molecular complexity index is 475. The molecule has 0 bridgehead atoms. The Balaban J connectivity index is 2.77. The maximum atomic E-state index is 11.7. The standard InChI is InChI=1S/C13H18ClN3O2/c1-8(15)3-6-13(19)17-12-7-10(14)4-5-11(12)16-9(2)18/h4-5,7-8H,3,6,15H2,1-2H3,(H,16,18)(H,17,19). The van der Waals surface area contributed by atoms with Crippen LogP contribution < -0.4 is 16.4 Å². The van der Waals surface area contributed by atoms with Gasteiger partial charge in [0.1, 0.15) is 0 Å². The number of carbonyl (C=O) groups is 2. The van der Waals surface area contributed by atoms with E-state index in [0.717, 1.165) is 0 Å². The van der Waals surface area contributed by atoms with Gasteiger partial charge in [0.05, 0.1) is 11.4 Å². The second-order valence-electron chi connectivity index (χ2n) is 4.44. The zero-order valence-electron chi connectivity index (χ0n) is 11.0. The van der Waals surface area contributed by atoms with E-state index >= 15 is 0 Å². The van der Waals surface area contributed by atoms with Gasteiger partial charge in [-0.2, -0.15) is 0 Å². The molecule has 1 aromatic carbocycles. The summed E-state index contributed by atoms with van der Waals surface area (Å²) in [6.07, 6.45) is 0.922. The average Bonchev–Trinajstić information content (AvgIpc) is 2.29. The first-order valence-corrected chi connectivity index (χ1v) is 6.39. The summed E-state index contributed by atoms with van der Waals surface area (Å²) in [7, 11) is 0. The van der Waals surface area contributed by atoms with Gasteiger partial charge in [-0.1, -0.05) is 11.6 Å². The molecule has 0 aliphatic carbocycles. The Morgan fingerprint density at radius 3 is 2.58 bits per heavy atom. The minimum atomic E-state index is -0.214. The molecule has 0 saturated carbocycles. The minimum absolute atomic E-state index is 0.0278. The molecular weight excluding hydrogens is 266 g/mol. The van der Waals surface area contributed by atoms with Crippen LogP contribution >= 0.6 is 11.6 Å². The maximum absolute atomic E-state index is 11.7. The molecular formula is C13H18ClN3O2. The van der Waals surface area contributed by atoms with E-state index in [1.165, 1.54) is 6.92 Å². The van der Waals surface area contributed by atoms with Crippen molar-refractivity contribution >= 4 is 34.8 Å². The third-order valence-electron chi connectivity index (χ3n) is 2.39. The van der Waals surface area contributed by atoms with E-state index in [2.05, 4.69) is 10.6 Å². The predicted octanol–water partition coefficient (Wildman–Crippen LogP) is 2.36. The van der Waals surface area contributed by atoms with Crippen LogP contribution in [0.5, 0.6) is 0 Å². The molecule has 104 valence electrons. The van der Waals surface area contributed by atoms with Crippen LogP contribution in [0, 0.1) is 0 Å². The van der Waals surface area contributed by atoms with Gasteiger partial charge >= 0.3 is 0 Å². The fraction of sp³-hybridized carbons (Fsp3) is 0.385. The van der Waals surface area contributed by atoms with Gasteiger partial charge in [-0.25, -0.2) is 0 Å². The number of rotatable bonds is 5. The lowest BCUT2D eigenvalue weighted by Gasteiger charge is -2.12. The van der Waals surface area contributed by atoms with Gasteiger partial charge in [-0.15, -0.1) is 0 Å². The summed E-state index contributed by atoms with van der Waals surface area (Å²) in [6.45, 7) is 3.24. The highest BCUT2D eigenvalue weighted by molar-refractivity contribution is 6.31. The molecule has 0 aliphatic heterocycles. The van der Waals surface area contributed by atoms with Gasteiger partial charge in [0.25, 0.3) is 0 Å². The lowest BCUT2D eigenvalue weighted by Crippen LogP contribution is -2.20. The van der Waals surface area contributed by atoms with E-state index < -0.39 is 0 Å². The summed E-state index contributed by atoms with van der Waals surface area (Å²) in [6, 6.07) is 4.85. The topological polar surface area (TPSA) is 84.2 Å². The number of halogens is 1. The zero-order chi connectivity index (χ0) is 14.4. The molecule has 6 heteroatoms. The molecule has 1 unspecified atom stereocenters. The minimum Gasteiger partial charge on any atom is -0.328 e. The third-order valence-corrected chi connectivity index (χ3v) is 2.63. The molecule has 4 N–H and O–H groups in total. The van der Waals surface area contributed by atoms with Gasteiger partial charge in [-0.3, -0.25) is 9.59 Å². The highest BCUT2D eigenvalue weighted by Crippen LogP contribution is 2.26. The number of hydrogen-bond donors (Lipinski definition) is 3. The van der Waals surface area contributed by atoms with Crippen molar-refractivity contribution in [1.29, 1.82) is 0 Å². The van der Waals surface area contributed by atoms with E-state index in [9.17, 15) is 9.59 Å². The predicted molar refractivity (Wildman–Crippen MR) is 77.3 cm³/mol. The summed E-state index contributed by atoms with van der Waals surface area (Å²) >= 11 is 5.88. The van der Waals surface area contributed by atoms with Crippen LogP contribution in [0.1, 0.15) is 26.7 Å². The molecule has 0 saturated heterocycles. The molecule has 0 aromatic heterocycles. The van der Waals surface area contributed by atoms with Gasteiger partial charge in [0.2, 0.25) is 11.8 Å². The Morgan fingerprint density at radius 2 is 2.00 bits per heavy atom. The van der Waals surface area contributed by atoms with Crippen molar-refractivity contribution in [2.45, 2.75) is 32.7 Å². The number of hydrogen-bond acceptors (Lipinski definition) is 3. The molecule has 0 fully saturated rings. The maximum Gasteiger partial charge on any atom is 0.224 e. The first-order valence-electron chi connectivity index (χ1n) is 6.01. The average molecular weight is 284 g/mol. The van der Waals surface area contributed by atoms with Crippen LogP contribution in [0.2, 0.25) is 5.02 Å². The van der Waals surface area contributed by atoms with Gasteiger partial charge in [-0.05, 0) is 31.5 Å². The van der Waals surface area contributed by atoms with Crippen LogP contribution in [-0.2, 0) is 9.59 Å². The second kappa shape index (κ2) is 7.11. The molecule has 1 atom stereocenters. The molecule has 1 aromatic rings. The largest absolute Gasteiger partial charge is 0.328 e. The van der Waals surface area contributed by atoms with Crippen molar-refractivity contribution in [2.24, 2.45) is 5.73 Å². The van der Waals surface area contributed by atoms with Crippen LogP contribution in [0.4, 0.5) is 11.4 Å². The first-order chi connectivity index (χ1) is 8.88. The van der Waals surface area contributed by atoms with Crippen molar-refractivity contribution in [2.75, 3.05) is 10.6 Å². The Labute approximate surface area is 117 Å². The van der Waals surface area contributed by atoms with E-state index in [4.69, 9.17) is 17.3 Å². The Hall–Kier alpha value is -1.59. The van der Waals surface area contributed by atoms with Crippen molar-refractivity contribution < 1.29 is 9.59 Å². The summed E-state index contributed by atoms with van der Waals surface area (Å²) in [5.41, 5.74) is 6.60. The second-order valence-corrected chi connectivity index (χ2v) is 4.87. The number of nitrogens with one attached hydrogen (secondary N) is 2. The molecule has 2 amide bonds. The van der Waals surface area contributed by atoms with Crippen molar-refractivity contribution in [1.82, 2.24) is 0 Å². The Kier molecular flexibility index (Phi) is 5.79. The van der Waals surface area contributed by atoms with Crippen LogP contribution in [-0.4, -0.2) is 17.9 Å². The molecule has 1 rings (SSSR count). The lowest BCUT2D eigenvalue weighted by molar-refractivity contribution is -0.116. The van der Waals surface area contributed by atoms with Crippen LogP contribution in [0.3, 0.4) is 0 Å². The molecule has 0 aliphatic rings. The van der Waals surface area contributed by atoms with Crippen LogP contribution in [0.15, 0.2) is 18.2 Å². The summed E-state index contributed by atoms with van der Waals surface area (Å²) in [5.74, 6) is -0.375.